The molecular weight excluding hydrogens is 422 g/mol. The number of amides is 1. The maximum atomic E-state index is 13.0. The number of ether oxygens (including phenoxy) is 1. The first kappa shape index (κ1) is 22.4. The Morgan fingerprint density at radius 2 is 1.75 bits per heavy atom. The number of rotatable bonds is 8. The molecular formula is C26H30ClN3O2. The predicted molar refractivity (Wildman–Crippen MR) is 132 cm³/mol. The summed E-state index contributed by atoms with van der Waals surface area (Å²) in [5.41, 5.74) is 1.85. The Morgan fingerprint density at radius 1 is 1.00 bits per heavy atom. The van der Waals surface area contributed by atoms with Gasteiger partial charge in [-0.15, -0.1) is 0 Å². The first-order chi connectivity index (χ1) is 15.7. The Morgan fingerprint density at radius 3 is 2.50 bits per heavy atom. The summed E-state index contributed by atoms with van der Waals surface area (Å²) in [5, 5.41) is 5.84. The van der Waals surface area contributed by atoms with Gasteiger partial charge in [-0.1, -0.05) is 41.9 Å². The van der Waals surface area contributed by atoms with Gasteiger partial charge in [0.05, 0.1) is 12.2 Å². The molecule has 1 aliphatic heterocycles. The quantitative estimate of drug-likeness (QED) is 0.498. The van der Waals surface area contributed by atoms with Crippen molar-refractivity contribution in [1.82, 2.24) is 10.2 Å². The summed E-state index contributed by atoms with van der Waals surface area (Å²) in [7, 11) is 0. The molecule has 0 radical (unpaired) electrons. The van der Waals surface area contributed by atoms with Crippen LogP contribution in [-0.2, 0) is 0 Å². The Labute approximate surface area is 194 Å². The lowest BCUT2D eigenvalue weighted by atomic mass is 10.0. The normalized spacial score (nSPS) is 14.5. The van der Waals surface area contributed by atoms with E-state index in [-0.39, 0.29) is 5.91 Å². The molecule has 5 nitrogen and oxygen atoms in total. The van der Waals surface area contributed by atoms with Gasteiger partial charge in [0.15, 0.2) is 0 Å². The first-order valence-electron chi connectivity index (χ1n) is 11.3. The van der Waals surface area contributed by atoms with Gasteiger partial charge in [0.1, 0.15) is 5.75 Å². The fourth-order valence-corrected chi connectivity index (χ4v) is 4.36. The molecule has 0 bridgehead atoms. The van der Waals surface area contributed by atoms with E-state index in [1.165, 1.54) is 5.69 Å². The number of fused-ring (bicyclic) bond motifs is 1. The minimum Gasteiger partial charge on any atom is -0.493 e. The maximum absolute atomic E-state index is 13.0. The number of carbonyl (C=O) groups is 1. The fraction of sp³-hybridized carbons (Fsp3) is 0.346. The summed E-state index contributed by atoms with van der Waals surface area (Å²) in [4.78, 5) is 17.9. The van der Waals surface area contributed by atoms with Gasteiger partial charge in [0.25, 0.3) is 5.91 Å². The molecule has 1 aliphatic rings. The Bertz CT molecular complexity index is 1050. The van der Waals surface area contributed by atoms with Gasteiger partial charge < -0.3 is 15.0 Å². The summed E-state index contributed by atoms with van der Waals surface area (Å²) in [6.07, 6.45) is 0.918. The summed E-state index contributed by atoms with van der Waals surface area (Å²) in [5.74, 6) is 0.569. The van der Waals surface area contributed by atoms with Crippen LogP contribution in [0.3, 0.4) is 0 Å². The second-order valence-corrected chi connectivity index (χ2v) is 8.44. The molecule has 1 fully saturated rings. The maximum Gasteiger partial charge on any atom is 0.255 e. The van der Waals surface area contributed by atoms with E-state index in [0.29, 0.717) is 24.5 Å². The Kier molecular flexibility index (Phi) is 7.51. The van der Waals surface area contributed by atoms with E-state index in [9.17, 15) is 4.79 Å². The zero-order valence-electron chi connectivity index (χ0n) is 18.5. The van der Waals surface area contributed by atoms with Crippen molar-refractivity contribution in [2.75, 3.05) is 50.8 Å². The Balaban J connectivity index is 1.27. The molecule has 0 aromatic heterocycles. The van der Waals surface area contributed by atoms with Crippen LogP contribution < -0.4 is 15.0 Å². The molecule has 1 heterocycles. The number of hydrogen-bond acceptors (Lipinski definition) is 4. The molecule has 1 N–H and O–H groups in total. The number of hydrogen-bond donors (Lipinski definition) is 1. The van der Waals surface area contributed by atoms with Gasteiger partial charge >= 0.3 is 0 Å². The number of nitrogens with one attached hydrogen (secondary N) is 1. The molecule has 3 aromatic rings. The second-order valence-electron chi connectivity index (χ2n) is 8.01. The highest BCUT2D eigenvalue weighted by atomic mass is 35.5. The molecule has 6 heteroatoms. The molecule has 32 heavy (non-hydrogen) atoms. The molecule has 1 saturated heterocycles. The second kappa shape index (κ2) is 10.7. The smallest absolute Gasteiger partial charge is 0.255 e. The van der Waals surface area contributed by atoms with Crippen LogP contribution in [0, 0.1) is 0 Å². The van der Waals surface area contributed by atoms with Crippen LogP contribution in [0.1, 0.15) is 23.7 Å². The number of nitrogens with zero attached hydrogens (tertiary/aromatic N) is 2. The van der Waals surface area contributed by atoms with E-state index in [1.807, 2.05) is 55.5 Å². The number of halogens is 1. The third-order valence-electron chi connectivity index (χ3n) is 5.92. The van der Waals surface area contributed by atoms with Crippen LogP contribution in [0.5, 0.6) is 5.75 Å². The lowest BCUT2D eigenvalue weighted by Gasteiger charge is -2.36. The molecule has 0 atom stereocenters. The zero-order chi connectivity index (χ0) is 22.3. The number of anilines is 1. The van der Waals surface area contributed by atoms with Gasteiger partial charge in [0.2, 0.25) is 0 Å². The standard InChI is InChI=1S/C26H30ClN3O2/c1-2-32-24-13-8-20-6-3-4-7-23(20)25(24)26(31)28-14-5-15-29-16-18-30(19-17-29)22-11-9-21(27)10-12-22/h3-4,6-13H,2,5,14-19H2,1H3,(H,28,31). The molecule has 0 spiro atoms. The number of piperazine rings is 1. The third-order valence-corrected chi connectivity index (χ3v) is 6.17. The van der Waals surface area contributed by atoms with E-state index in [2.05, 4.69) is 27.2 Å². The molecule has 0 saturated carbocycles. The summed E-state index contributed by atoms with van der Waals surface area (Å²) < 4.78 is 5.74. The first-order valence-corrected chi connectivity index (χ1v) is 11.7. The average molecular weight is 452 g/mol. The van der Waals surface area contributed by atoms with E-state index in [4.69, 9.17) is 16.3 Å². The van der Waals surface area contributed by atoms with Crippen molar-refractivity contribution >= 4 is 34.0 Å². The van der Waals surface area contributed by atoms with Crippen LogP contribution in [0.2, 0.25) is 5.02 Å². The highest BCUT2D eigenvalue weighted by Crippen LogP contribution is 2.28. The zero-order valence-corrected chi connectivity index (χ0v) is 19.3. The van der Waals surface area contributed by atoms with Gasteiger partial charge in [-0.3, -0.25) is 9.69 Å². The number of benzene rings is 3. The third kappa shape index (κ3) is 5.34. The van der Waals surface area contributed by atoms with Crippen molar-refractivity contribution in [3.8, 4) is 5.75 Å². The van der Waals surface area contributed by atoms with Crippen molar-refractivity contribution in [3.05, 3.63) is 71.2 Å². The van der Waals surface area contributed by atoms with Gasteiger partial charge in [-0.05, 0) is 61.0 Å². The molecule has 4 rings (SSSR count). The fourth-order valence-electron chi connectivity index (χ4n) is 4.24. The topological polar surface area (TPSA) is 44.8 Å². The largest absolute Gasteiger partial charge is 0.493 e. The van der Waals surface area contributed by atoms with Gasteiger partial charge in [0, 0.05) is 43.4 Å². The minimum atomic E-state index is -0.0715. The lowest BCUT2D eigenvalue weighted by Crippen LogP contribution is -2.47. The average Bonchev–Trinajstić information content (AvgIpc) is 2.83. The van der Waals surface area contributed by atoms with E-state index >= 15 is 0 Å². The number of carbonyl (C=O) groups excluding carboxylic acids is 1. The van der Waals surface area contributed by atoms with E-state index in [1.54, 1.807) is 0 Å². The summed E-state index contributed by atoms with van der Waals surface area (Å²) >= 11 is 6.00. The minimum absolute atomic E-state index is 0.0715. The van der Waals surface area contributed by atoms with Crippen molar-refractivity contribution in [1.29, 1.82) is 0 Å². The van der Waals surface area contributed by atoms with Crippen LogP contribution in [0.4, 0.5) is 5.69 Å². The van der Waals surface area contributed by atoms with Crippen LogP contribution in [-0.4, -0.2) is 56.7 Å². The summed E-state index contributed by atoms with van der Waals surface area (Å²) in [6, 6.07) is 19.9. The Hall–Kier alpha value is -2.76. The van der Waals surface area contributed by atoms with Crippen molar-refractivity contribution in [2.45, 2.75) is 13.3 Å². The van der Waals surface area contributed by atoms with Crippen LogP contribution in [0.25, 0.3) is 10.8 Å². The van der Waals surface area contributed by atoms with Gasteiger partial charge in [-0.2, -0.15) is 0 Å². The monoisotopic (exact) mass is 451 g/mol. The molecule has 3 aromatic carbocycles. The molecule has 0 unspecified atom stereocenters. The van der Waals surface area contributed by atoms with Crippen molar-refractivity contribution in [2.24, 2.45) is 0 Å². The summed E-state index contributed by atoms with van der Waals surface area (Å²) in [6.45, 7) is 8.13. The molecule has 0 aliphatic carbocycles. The van der Waals surface area contributed by atoms with E-state index in [0.717, 1.165) is 54.9 Å². The molecule has 1 amide bonds. The highest BCUT2D eigenvalue weighted by Gasteiger charge is 2.18. The highest BCUT2D eigenvalue weighted by molar-refractivity contribution is 6.30. The van der Waals surface area contributed by atoms with Crippen LogP contribution >= 0.6 is 11.6 Å². The molecule has 168 valence electrons. The van der Waals surface area contributed by atoms with Crippen molar-refractivity contribution in [3.63, 3.8) is 0 Å². The van der Waals surface area contributed by atoms with E-state index < -0.39 is 0 Å². The lowest BCUT2D eigenvalue weighted by molar-refractivity contribution is 0.0949. The van der Waals surface area contributed by atoms with Gasteiger partial charge in [-0.25, -0.2) is 0 Å². The van der Waals surface area contributed by atoms with Crippen molar-refractivity contribution < 1.29 is 9.53 Å². The van der Waals surface area contributed by atoms with Crippen LogP contribution in [0.15, 0.2) is 60.7 Å². The predicted octanol–water partition coefficient (Wildman–Crippen LogP) is 4.83. The SMILES string of the molecule is CCOc1ccc2ccccc2c1C(=O)NCCCN1CCN(c2ccc(Cl)cc2)CC1.